The smallest absolute Gasteiger partial charge is 0.254 e. The minimum Gasteiger partial charge on any atom is -0.373 e. The lowest BCUT2D eigenvalue weighted by Gasteiger charge is -2.19. The van der Waals surface area contributed by atoms with Gasteiger partial charge in [-0.3, -0.25) is 9.89 Å². The minimum atomic E-state index is -0.0547. The molecule has 0 aliphatic carbocycles. The molecular weight excluding hydrogens is 290 g/mol. The van der Waals surface area contributed by atoms with Crippen LogP contribution < -0.4 is 5.32 Å². The van der Waals surface area contributed by atoms with Crippen LogP contribution in [0, 0.1) is 5.92 Å². The first kappa shape index (κ1) is 15.7. The van der Waals surface area contributed by atoms with Gasteiger partial charge in [-0.25, -0.2) is 0 Å². The van der Waals surface area contributed by atoms with Gasteiger partial charge in [0, 0.05) is 24.8 Å². The van der Waals surface area contributed by atoms with Crippen molar-refractivity contribution in [1.82, 2.24) is 15.5 Å². The Bertz CT molecular complexity index is 639. The molecule has 1 amide bonds. The largest absolute Gasteiger partial charge is 0.373 e. The Hall–Kier alpha value is -2.14. The predicted molar refractivity (Wildman–Crippen MR) is 88.2 cm³/mol. The number of benzene rings is 1. The summed E-state index contributed by atoms with van der Waals surface area (Å²) in [6.07, 6.45) is 4.46. The van der Waals surface area contributed by atoms with Gasteiger partial charge in [-0.1, -0.05) is 43.7 Å². The van der Waals surface area contributed by atoms with Gasteiger partial charge in [0.05, 0.1) is 17.9 Å². The molecule has 5 nitrogen and oxygen atoms in total. The molecule has 0 unspecified atom stereocenters. The molecule has 122 valence electrons. The van der Waals surface area contributed by atoms with Crippen LogP contribution in [0.1, 0.15) is 47.5 Å². The van der Waals surface area contributed by atoms with Crippen LogP contribution in [0.2, 0.25) is 0 Å². The number of carbonyl (C=O) groups excluding carboxylic acids is 1. The number of aromatic amines is 1. The molecule has 1 fully saturated rings. The molecule has 0 radical (unpaired) electrons. The fourth-order valence-corrected chi connectivity index (χ4v) is 3.12. The van der Waals surface area contributed by atoms with Crippen molar-refractivity contribution in [3.05, 3.63) is 53.3 Å². The summed E-state index contributed by atoms with van der Waals surface area (Å²) in [6, 6.07) is 10.2. The maximum atomic E-state index is 12.4. The van der Waals surface area contributed by atoms with Crippen molar-refractivity contribution in [2.75, 3.05) is 13.2 Å². The molecule has 1 aromatic heterocycles. The summed E-state index contributed by atoms with van der Waals surface area (Å²) >= 11 is 0. The molecule has 2 N–H and O–H groups in total. The second-order valence-electron chi connectivity index (χ2n) is 5.97. The second kappa shape index (κ2) is 7.42. The Morgan fingerprint density at radius 1 is 1.39 bits per heavy atom. The van der Waals surface area contributed by atoms with Crippen LogP contribution in [0.3, 0.4) is 0 Å². The summed E-state index contributed by atoms with van der Waals surface area (Å²) in [7, 11) is 0. The maximum absolute atomic E-state index is 12.4. The first-order valence-corrected chi connectivity index (χ1v) is 8.26. The van der Waals surface area contributed by atoms with E-state index in [1.807, 2.05) is 18.2 Å². The molecule has 3 rings (SSSR count). The highest BCUT2D eigenvalue weighted by atomic mass is 16.5. The van der Waals surface area contributed by atoms with Gasteiger partial charge in [0.15, 0.2) is 0 Å². The SMILES string of the molecule is CCCc1[nH]ncc1C(=O)NC[C@H]1CCO[C@@H]1c1ccccc1. The molecular formula is C18H23N3O2. The van der Waals surface area contributed by atoms with Gasteiger partial charge in [-0.05, 0) is 18.4 Å². The zero-order chi connectivity index (χ0) is 16.1. The molecule has 1 aliphatic heterocycles. The van der Waals surface area contributed by atoms with Crippen LogP contribution in [0.25, 0.3) is 0 Å². The fourth-order valence-electron chi connectivity index (χ4n) is 3.12. The van der Waals surface area contributed by atoms with Crippen LogP contribution in [0.15, 0.2) is 36.5 Å². The molecule has 0 saturated carbocycles. The number of ether oxygens (including phenoxy) is 1. The lowest BCUT2D eigenvalue weighted by molar-refractivity contribution is 0.0846. The number of hydrogen-bond donors (Lipinski definition) is 2. The summed E-state index contributed by atoms with van der Waals surface area (Å²) in [5.41, 5.74) is 2.74. The van der Waals surface area contributed by atoms with Crippen LogP contribution >= 0.6 is 0 Å². The molecule has 2 aromatic rings. The number of amides is 1. The fraction of sp³-hybridized carbons (Fsp3) is 0.444. The van der Waals surface area contributed by atoms with Crippen molar-refractivity contribution in [2.24, 2.45) is 5.92 Å². The molecule has 1 aromatic carbocycles. The van der Waals surface area contributed by atoms with Gasteiger partial charge >= 0.3 is 0 Å². The Morgan fingerprint density at radius 2 is 2.22 bits per heavy atom. The average Bonchev–Trinajstić information content (AvgIpc) is 3.23. The first-order chi connectivity index (χ1) is 11.3. The van der Waals surface area contributed by atoms with Crippen molar-refractivity contribution in [2.45, 2.75) is 32.3 Å². The second-order valence-corrected chi connectivity index (χ2v) is 5.97. The number of hydrogen-bond acceptors (Lipinski definition) is 3. The van der Waals surface area contributed by atoms with Crippen molar-refractivity contribution in [3.63, 3.8) is 0 Å². The van der Waals surface area contributed by atoms with Crippen LogP contribution in [0.4, 0.5) is 0 Å². The van der Waals surface area contributed by atoms with Crippen molar-refractivity contribution in [3.8, 4) is 0 Å². The first-order valence-electron chi connectivity index (χ1n) is 8.26. The van der Waals surface area contributed by atoms with E-state index >= 15 is 0 Å². The quantitative estimate of drug-likeness (QED) is 0.861. The summed E-state index contributed by atoms with van der Waals surface area (Å²) in [5.74, 6) is 0.254. The monoisotopic (exact) mass is 313 g/mol. The van der Waals surface area contributed by atoms with Gasteiger partial charge in [-0.2, -0.15) is 5.10 Å². The highest BCUT2D eigenvalue weighted by Crippen LogP contribution is 2.33. The van der Waals surface area contributed by atoms with E-state index in [-0.39, 0.29) is 12.0 Å². The predicted octanol–water partition coefficient (Wildman–Crippen LogP) is 2.87. The van der Waals surface area contributed by atoms with Gasteiger partial charge in [0.1, 0.15) is 0 Å². The molecule has 1 saturated heterocycles. The maximum Gasteiger partial charge on any atom is 0.254 e. The zero-order valence-electron chi connectivity index (χ0n) is 13.4. The van der Waals surface area contributed by atoms with E-state index in [1.54, 1.807) is 6.20 Å². The number of H-pyrrole nitrogens is 1. The van der Waals surface area contributed by atoms with E-state index in [9.17, 15) is 4.79 Å². The van der Waals surface area contributed by atoms with Crippen LogP contribution in [-0.4, -0.2) is 29.3 Å². The highest BCUT2D eigenvalue weighted by Gasteiger charge is 2.30. The number of nitrogens with zero attached hydrogens (tertiary/aromatic N) is 1. The number of aryl methyl sites for hydroxylation is 1. The van der Waals surface area contributed by atoms with Gasteiger partial charge in [0.2, 0.25) is 0 Å². The number of rotatable bonds is 6. The van der Waals surface area contributed by atoms with Crippen LogP contribution in [0.5, 0.6) is 0 Å². The van der Waals surface area contributed by atoms with Gasteiger partial charge < -0.3 is 10.1 Å². The Kier molecular flexibility index (Phi) is 5.08. The van der Waals surface area contributed by atoms with E-state index in [4.69, 9.17) is 4.74 Å². The number of aromatic nitrogens is 2. The van der Waals surface area contributed by atoms with Gasteiger partial charge in [-0.15, -0.1) is 0 Å². The third-order valence-electron chi connectivity index (χ3n) is 4.33. The third-order valence-corrected chi connectivity index (χ3v) is 4.33. The molecule has 2 atom stereocenters. The molecule has 5 heteroatoms. The molecule has 0 spiro atoms. The zero-order valence-corrected chi connectivity index (χ0v) is 13.4. The Balaban J connectivity index is 1.61. The summed E-state index contributed by atoms with van der Waals surface area (Å²) in [6.45, 7) is 3.45. The average molecular weight is 313 g/mol. The van der Waals surface area contributed by atoms with E-state index in [2.05, 4.69) is 34.6 Å². The summed E-state index contributed by atoms with van der Waals surface area (Å²) in [5, 5.41) is 9.95. The van der Waals surface area contributed by atoms with E-state index in [0.29, 0.717) is 18.0 Å². The van der Waals surface area contributed by atoms with E-state index in [1.165, 1.54) is 5.56 Å². The van der Waals surface area contributed by atoms with Gasteiger partial charge in [0.25, 0.3) is 5.91 Å². The number of nitrogens with one attached hydrogen (secondary N) is 2. The molecule has 1 aliphatic rings. The number of carbonyl (C=O) groups is 1. The van der Waals surface area contributed by atoms with Crippen molar-refractivity contribution in [1.29, 1.82) is 0 Å². The standard InChI is InChI=1S/C18H23N3O2/c1-2-6-16-15(12-20-21-16)18(22)19-11-14-9-10-23-17(14)13-7-4-3-5-8-13/h3-5,7-8,12,14,17H,2,6,9-11H2,1H3,(H,19,22)(H,20,21)/t14-,17-/m1/s1. The molecule has 0 bridgehead atoms. The van der Waals surface area contributed by atoms with Crippen molar-refractivity contribution < 1.29 is 9.53 Å². The van der Waals surface area contributed by atoms with Crippen molar-refractivity contribution >= 4 is 5.91 Å². The van der Waals surface area contributed by atoms with E-state index < -0.39 is 0 Å². The van der Waals surface area contributed by atoms with Crippen LogP contribution in [-0.2, 0) is 11.2 Å². The molecule has 2 heterocycles. The Morgan fingerprint density at radius 3 is 3.00 bits per heavy atom. The lowest BCUT2D eigenvalue weighted by Crippen LogP contribution is -2.31. The molecule has 23 heavy (non-hydrogen) atoms. The van der Waals surface area contributed by atoms with E-state index in [0.717, 1.165) is 31.6 Å². The summed E-state index contributed by atoms with van der Waals surface area (Å²) in [4.78, 5) is 12.4. The third kappa shape index (κ3) is 3.62. The Labute approximate surface area is 136 Å². The minimum absolute atomic E-state index is 0.0547. The highest BCUT2D eigenvalue weighted by molar-refractivity contribution is 5.95. The summed E-state index contributed by atoms with van der Waals surface area (Å²) < 4.78 is 5.87. The topological polar surface area (TPSA) is 67.0 Å². The normalized spacial score (nSPS) is 20.6. The lowest BCUT2D eigenvalue weighted by atomic mass is 9.95.